The molecule has 2 heterocycles. The van der Waals surface area contributed by atoms with Crippen molar-refractivity contribution in [3.63, 3.8) is 0 Å². The van der Waals surface area contributed by atoms with Crippen LogP contribution in [0.4, 0.5) is 4.79 Å². The summed E-state index contributed by atoms with van der Waals surface area (Å²) in [7, 11) is 0. The molecule has 5 aliphatic carbocycles. The van der Waals surface area contributed by atoms with E-state index in [-0.39, 0.29) is 11.6 Å². The molecule has 4 bridgehead atoms. The third-order valence-electron chi connectivity index (χ3n) is 8.94. The van der Waals surface area contributed by atoms with E-state index in [0.717, 1.165) is 57.5 Å². The number of aliphatic carboxylic acids is 1. The first-order valence-corrected chi connectivity index (χ1v) is 10.8. The molecule has 7 fully saturated rings. The number of nitrogens with zero attached hydrogens (tertiary/aromatic N) is 2. The minimum atomic E-state index is -0.575. The maximum absolute atomic E-state index is 13.4. The number of urea groups is 1. The minimum absolute atomic E-state index is 0.109. The van der Waals surface area contributed by atoms with E-state index in [9.17, 15) is 14.7 Å². The van der Waals surface area contributed by atoms with Crippen LogP contribution in [0.2, 0.25) is 0 Å². The molecule has 142 valence electrons. The molecule has 2 aliphatic heterocycles. The van der Waals surface area contributed by atoms with Gasteiger partial charge >= 0.3 is 12.0 Å². The van der Waals surface area contributed by atoms with Gasteiger partial charge in [0.25, 0.3) is 0 Å². The Morgan fingerprint density at radius 1 is 1.15 bits per heavy atom. The zero-order chi connectivity index (χ0) is 17.7. The largest absolute Gasteiger partial charge is 0.481 e. The van der Waals surface area contributed by atoms with Crippen molar-refractivity contribution in [2.24, 2.45) is 29.1 Å². The Morgan fingerprint density at radius 3 is 2.54 bits per heavy atom. The standard InChI is InChI=1S/C21H30N2O3/c24-18(25)20-8-14-6-15(10-20)17(16(7-14)11-20)22-12-21(9-13-2-3-13)4-1-5-23(21)19(22)26/h13-17H,1-12H2,(H,24,25). The normalized spacial score (nSPS) is 49.2. The summed E-state index contributed by atoms with van der Waals surface area (Å²) in [6.07, 6.45) is 11.0. The van der Waals surface area contributed by atoms with Gasteiger partial charge < -0.3 is 14.9 Å². The van der Waals surface area contributed by atoms with E-state index >= 15 is 0 Å². The second-order valence-electron chi connectivity index (χ2n) is 10.6. The van der Waals surface area contributed by atoms with Crippen molar-refractivity contribution >= 4 is 12.0 Å². The monoisotopic (exact) mass is 358 g/mol. The molecule has 2 amide bonds. The Bertz CT molecular complexity index is 658. The van der Waals surface area contributed by atoms with Gasteiger partial charge in [-0.3, -0.25) is 4.79 Å². The molecule has 5 nitrogen and oxygen atoms in total. The van der Waals surface area contributed by atoms with Crippen LogP contribution in [0.15, 0.2) is 0 Å². The fourth-order valence-electron chi connectivity index (χ4n) is 8.08. The van der Waals surface area contributed by atoms with E-state index in [2.05, 4.69) is 9.80 Å². The van der Waals surface area contributed by atoms with E-state index < -0.39 is 11.4 Å². The molecule has 0 aromatic heterocycles. The second kappa shape index (κ2) is 4.96. The molecule has 0 aromatic rings. The Labute approximate surface area is 155 Å². The molecule has 0 aromatic carbocycles. The van der Waals surface area contributed by atoms with E-state index in [1.807, 2.05) is 0 Å². The molecule has 2 saturated heterocycles. The van der Waals surface area contributed by atoms with Gasteiger partial charge in [-0.05, 0) is 75.0 Å². The quantitative estimate of drug-likeness (QED) is 0.838. The number of carboxylic acid groups (broad SMARTS) is 1. The van der Waals surface area contributed by atoms with Crippen LogP contribution in [0.5, 0.6) is 0 Å². The lowest BCUT2D eigenvalue weighted by Gasteiger charge is -2.60. The summed E-state index contributed by atoms with van der Waals surface area (Å²) in [4.78, 5) is 29.8. The Balaban J connectivity index is 1.30. The molecular weight excluding hydrogens is 328 g/mol. The van der Waals surface area contributed by atoms with Gasteiger partial charge in [0.05, 0.1) is 11.0 Å². The molecule has 1 N–H and O–H groups in total. The summed E-state index contributed by atoms with van der Waals surface area (Å²) in [6, 6.07) is 0.596. The zero-order valence-corrected chi connectivity index (χ0v) is 15.5. The summed E-state index contributed by atoms with van der Waals surface area (Å²) < 4.78 is 0. The first-order chi connectivity index (χ1) is 12.5. The number of fused-ring (bicyclic) bond motifs is 1. The third kappa shape index (κ3) is 1.98. The molecular formula is C21H30N2O3. The van der Waals surface area contributed by atoms with Crippen molar-refractivity contribution in [3.8, 4) is 0 Å². The van der Waals surface area contributed by atoms with Crippen molar-refractivity contribution in [1.29, 1.82) is 0 Å². The SMILES string of the molecule is O=C1N(C2C3CC4CC2CC(C(=O)O)(C4)C3)CC2(CC3CC3)CCCN12. The van der Waals surface area contributed by atoms with Crippen LogP contribution in [-0.2, 0) is 4.79 Å². The Kier molecular flexibility index (Phi) is 3.01. The predicted molar refractivity (Wildman–Crippen MR) is 95.5 cm³/mol. The molecule has 7 rings (SSSR count). The molecule has 0 radical (unpaired) electrons. The van der Waals surface area contributed by atoms with E-state index in [1.165, 1.54) is 25.7 Å². The summed E-state index contributed by atoms with van der Waals surface area (Å²) in [5.41, 5.74) is -0.366. The minimum Gasteiger partial charge on any atom is -0.481 e. The van der Waals surface area contributed by atoms with Crippen molar-refractivity contribution in [1.82, 2.24) is 9.80 Å². The number of carbonyl (C=O) groups excluding carboxylic acids is 1. The summed E-state index contributed by atoms with van der Waals surface area (Å²) >= 11 is 0. The fraction of sp³-hybridized carbons (Fsp3) is 0.905. The average molecular weight is 358 g/mol. The van der Waals surface area contributed by atoms with Crippen LogP contribution in [0.3, 0.4) is 0 Å². The lowest BCUT2D eigenvalue weighted by molar-refractivity contribution is -0.170. The first-order valence-electron chi connectivity index (χ1n) is 10.8. The molecule has 5 heteroatoms. The average Bonchev–Trinajstić information content (AvgIpc) is 3.23. The highest BCUT2D eigenvalue weighted by molar-refractivity contribution is 5.80. The van der Waals surface area contributed by atoms with Gasteiger partial charge in [-0.1, -0.05) is 12.8 Å². The molecule has 3 unspecified atom stereocenters. The predicted octanol–water partition coefficient (Wildman–Crippen LogP) is 3.34. The van der Waals surface area contributed by atoms with Gasteiger partial charge in [-0.2, -0.15) is 0 Å². The van der Waals surface area contributed by atoms with Crippen LogP contribution in [0.1, 0.15) is 64.2 Å². The van der Waals surface area contributed by atoms with Gasteiger partial charge in [0.1, 0.15) is 0 Å². The Morgan fingerprint density at radius 2 is 1.88 bits per heavy atom. The molecule has 5 saturated carbocycles. The molecule has 0 spiro atoms. The fourth-order valence-corrected chi connectivity index (χ4v) is 8.08. The van der Waals surface area contributed by atoms with Gasteiger partial charge in [0.2, 0.25) is 0 Å². The van der Waals surface area contributed by atoms with Crippen LogP contribution < -0.4 is 0 Å². The van der Waals surface area contributed by atoms with Crippen molar-refractivity contribution < 1.29 is 14.7 Å². The highest BCUT2D eigenvalue weighted by atomic mass is 16.4. The van der Waals surface area contributed by atoms with Crippen LogP contribution in [0.25, 0.3) is 0 Å². The maximum atomic E-state index is 13.4. The summed E-state index contributed by atoms with van der Waals surface area (Å²) in [5.74, 6) is 1.68. The van der Waals surface area contributed by atoms with Crippen LogP contribution in [0, 0.1) is 29.1 Å². The molecule has 7 aliphatic rings. The van der Waals surface area contributed by atoms with E-state index in [0.29, 0.717) is 23.8 Å². The number of amides is 2. The van der Waals surface area contributed by atoms with Gasteiger partial charge in [0, 0.05) is 19.1 Å². The van der Waals surface area contributed by atoms with Crippen LogP contribution >= 0.6 is 0 Å². The highest BCUT2D eigenvalue weighted by Crippen LogP contribution is 2.62. The van der Waals surface area contributed by atoms with Gasteiger partial charge in [-0.25, -0.2) is 4.79 Å². The third-order valence-corrected chi connectivity index (χ3v) is 8.94. The summed E-state index contributed by atoms with van der Waals surface area (Å²) in [6.45, 7) is 1.86. The lowest BCUT2D eigenvalue weighted by Crippen LogP contribution is -2.61. The van der Waals surface area contributed by atoms with Crippen LogP contribution in [-0.4, -0.2) is 51.6 Å². The maximum Gasteiger partial charge on any atom is 0.320 e. The van der Waals surface area contributed by atoms with E-state index in [4.69, 9.17) is 0 Å². The molecule has 3 atom stereocenters. The Hall–Kier alpha value is -1.26. The zero-order valence-electron chi connectivity index (χ0n) is 15.5. The number of rotatable bonds is 4. The number of carboxylic acids is 1. The van der Waals surface area contributed by atoms with Crippen molar-refractivity contribution in [2.45, 2.75) is 75.8 Å². The molecule has 26 heavy (non-hydrogen) atoms. The first kappa shape index (κ1) is 15.8. The lowest BCUT2D eigenvalue weighted by atomic mass is 9.47. The number of hydrogen-bond acceptors (Lipinski definition) is 2. The van der Waals surface area contributed by atoms with Crippen molar-refractivity contribution in [2.75, 3.05) is 13.1 Å². The number of carbonyl (C=O) groups is 2. The van der Waals surface area contributed by atoms with Gasteiger partial charge in [-0.15, -0.1) is 0 Å². The second-order valence-corrected chi connectivity index (χ2v) is 10.6. The summed E-state index contributed by atoms with van der Waals surface area (Å²) in [5, 5.41) is 9.87. The smallest absolute Gasteiger partial charge is 0.320 e. The van der Waals surface area contributed by atoms with E-state index in [1.54, 1.807) is 0 Å². The number of hydrogen-bond donors (Lipinski definition) is 1. The van der Waals surface area contributed by atoms with Crippen molar-refractivity contribution in [3.05, 3.63) is 0 Å². The topological polar surface area (TPSA) is 60.9 Å². The van der Waals surface area contributed by atoms with Gasteiger partial charge in [0.15, 0.2) is 0 Å². The highest BCUT2D eigenvalue weighted by Gasteiger charge is 2.63.